The van der Waals surface area contributed by atoms with E-state index in [4.69, 9.17) is 9.84 Å². The van der Waals surface area contributed by atoms with Crippen molar-refractivity contribution in [3.05, 3.63) is 47.9 Å². The van der Waals surface area contributed by atoms with Gasteiger partial charge in [-0.15, -0.1) is 0 Å². The predicted octanol–water partition coefficient (Wildman–Crippen LogP) is 1.84. The zero-order chi connectivity index (χ0) is 18.6. The summed E-state index contributed by atoms with van der Waals surface area (Å²) in [7, 11) is 1.67. The van der Waals surface area contributed by atoms with Crippen LogP contribution in [0.4, 0.5) is 11.6 Å². The van der Waals surface area contributed by atoms with Crippen molar-refractivity contribution in [3.63, 3.8) is 0 Å². The molecule has 0 bridgehead atoms. The third-order valence-corrected chi connectivity index (χ3v) is 4.67. The summed E-state index contributed by atoms with van der Waals surface area (Å²) in [5, 5.41) is 19.8. The fourth-order valence-electron chi connectivity index (χ4n) is 3.30. The van der Waals surface area contributed by atoms with E-state index >= 15 is 0 Å². The molecule has 2 aromatic heterocycles. The monoisotopic (exact) mass is 366 g/mol. The molecule has 3 N–H and O–H groups in total. The number of methoxy groups -OCH3 is 1. The molecule has 0 unspecified atom stereocenters. The van der Waals surface area contributed by atoms with Crippen LogP contribution in [0.5, 0.6) is 5.75 Å². The minimum absolute atomic E-state index is 0.0608. The highest BCUT2D eigenvalue weighted by Gasteiger charge is 2.24. The Morgan fingerprint density at radius 3 is 3.07 bits per heavy atom. The molecular weight excluding hydrogens is 344 g/mol. The van der Waals surface area contributed by atoms with Gasteiger partial charge in [0.15, 0.2) is 0 Å². The van der Waals surface area contributed by atoms with Crippen LogP contribution in [0, 0.1) is 0 Å². The van der Waals surface area contributed by atoms with Crippen molar-refractivity contribution in [1.82, 2.24) is 20.2 Å². The Kier molecular flexibility index (Phi) is 4.88. The molecule has 4 rings (SSSR count). The lowest BCUT2D eigenvalue weighted by atomic mass is 10.0. The minimum Gasteiger partial charge on any atom is -0.497 e. The zero-order valence-electron chi connectivity index (χ0n) is 15.1. The normalized spacial score (nSPS) is 13.3. The van der Waals surface area contributed by atoms with Crippen molar-refractivity contribution >= 4 is 11.6 Å². The molecule has 1 aliphatic heterocycles. The van der Waals surface area contributed by atoms with E-state index < -0.39 is 0 Å². The Labute approximate surface area is 157 Å². The summed E-state index contributed by atoms with van der Waals surface area (Å²) in [6.07, 6.45) is 2.42. The zero-order valence-corrected chi connectivity index (χ0v) is 15.1. The molecule has 0 saturated heterocycles. The van der Waals surface area contributed by atoms with Crippen molar-refractivity contribution in [1.29, 1.82) is 0 Å². The van der Waals surface area contributed by atoms with Gasteiger partial charge in [0.2, 0.25) is 0 Å². The van der Waals surface area contributed by atoms with Crippen molar-refractivity contribution in [2.24, 2.45) is 0 Å². The van der Waals surface area contributed by atoms with Gasteiger partial charge in [-0.3, -0.25) is 5.10 Å². The third kappa shape index (κ3) is 3.56. The Hall–Kier alpha value is -3.13. The first-order chi connectivity index (χ1) is 13.3. The van der Waals surface area contributed by atoms with Gasteiger partial charge in [0.1, 0.15) is 23.7 Å². The summed E-state index contributed by atoms with van der Waals surface area (Å²) < 4.78 is 5.34. The van der Waals surface area contributed by atoms with Crippen LogP contribution in [0.15, 0.2) is 36.7 Å². The SMILES string of the molecule is COc1cccc(-c2n[nH]c3c2CN(c2cc(NCCO)ncn2)CC3)c1. The highest BCUT2D eigenvalue weighted by Crippen LogP contribution is 2.31. The second-order valence-electron chi connectivity index (χ2n) is 6.34. The molecule has 27 heavy (non-hydrogen) atoms. The van der Waals surface area contributed by atoms with Gasteiger partial charge >= 0.3 is 0 Å². The summed E-state index contributed by atoms with van der Waals surface area (Å²) in [6, 6.07) is 9.85. The second kappa shape index (κ2) is 7.63. The number of nitrogens with zero attached hydrogens (tertiary/aromatic N) is 4. The predicted molar refractivity (Wildman–Crippen MR) is 103 cm³/mol. The summed E-state index contributed by atoms with van der Waals surface area (Å²) in [5.74, 6) is 2.38. The van der Waals surface area contributed by atoms with Crippen molar-refractivity contribution in [2.75, 3.05) is 37.0 Å². The number of aromatic amines is 1. The van der Waals surface area contributed by atoms with Crippen molar-refractivity contribution in [2.45, 2.75) is 13.0 Å². The number of anilines is 2. The van der Waals surface area contributed by atoms with Crippen molar-refractivity contribution in [3.8, 4) is 17.0 Å². The Balaban J connectivity index is 1.60. The summed E-state index contributed by atoms with van der Waals surface area (Å²) >= 11 is 0. The molecule has 0 amide bonds. The minimum atomic E-state index is 0.0608. The molecule has 8 heteroatoms. The van der Waals surface area contributed by atoms with Gasteiger partial charge in [-0.05, 0) is 12.1 Å². The molecule has 140 valence electrons. The number of hydrogen-bond acceptors (Lipinski definition) is 7. The summed E-state index contributed by atoms with van der Waals surface area (Å²) in [5.41, 5.74) is 4.32. The quantitative estimate of drug-likeness (QED) is 0.612. The number of aliphatic hydroxyl groups is 1. The van der Waals surface area contributed by atoms with E-state index in [0.717, 1.165) is 48.0 Å². The lowest BCUT2D eigenvalue weighted by Gasteiger charge is -2.28. The van der Waals surface area contributed by atoms with Crippen LogP contribution in [0.1, 0.15) is 11.3 Å². The molecule has 0 fully saturated rings. The van der Waals surface area contributed by atoms with E-state index in [1.165, 1.54) is 5.56 Å². The topological polar surface area (TPSA) is 99.2 Å². The standard InChI is InChI=1S/C19H22N6O2/c1-27-14-4-2-3-13(9-14)19-15-11-25(7-5-16(15)23-24-19)18-10-17(20-6-8-26)21-12-22-18/h2-4,9-10,12,26H,5-8,11H2,1H3,(H,23,24)(H,20,21,22). The number of aliphatic hydroxyl groups excluding tert-OH is 1. The number of H-pyrrole nitrogens is 1. The van der Waals surface area contributed by atoms with E-state index in [1.807, 2.05) is 30.3 Å². The first-order valence-electron chi connectivity index (χ1n) is 8.90. The number of rotatable bonds is 6. The van der Waals surface area contributed by atoms with Gasteiger partial charge < -0.3 is 20.1 Å². The van der Waals surface area contributed by atoms with Gasteiger partial charge in [-0.25, -0.2) is 9.97 Å². The molecule has 1 aromatic carbocycles. The lowest BCUT2D eigenvalue weighted by molar-refractivity contribution is 0.311. The van der Waals surface area contributed by atoms with Crippen LogP contribution in [0.25, 0.3) is 11.3 Å². The van der Waals surface area contributed by atoms with Crippen LogP contribution < -0.4 is 15.0 Å². The Bertz CT molecular complexity index is 926. The van der Waals surface area contributed by atoms with E-state index in [9.17, 15) is 0 Å². The highest BCUT2D eigenvalue weighted by molar-refractivity contribution is 5.67. The van der Waals surface area contributed by atoms with E-state index in [2.05, 4.69) is 30.4 Å². The molecule has 1 aliphatic rings. The average Bonchev–Trinajstić information content (AvgIpc) is 3.16. The number of ether oxygens (including phenoxy) is 1. The highest BCUT2D eigenvalue weighted by atomic mass is 16.5. The van der Waals surface area contributed by atoms with E-state index in [-0.39, 0.29) is 6.61 Å². The van der Waals surface area contributed by atoms with E-state index in [1.54, 1.807) is 13.4 Å². The number of benzene rings is 1. The number of aromatic nitrogens is 4. The van der Waals surface area contributed by atoms with Crippen molar-refractivity contribution < 1.29 is 9.84 Å². The molecule has 3 aromatic rings. The third-order valence-electron chi connectivity index (χ3n) is 4.67. The van der Waals surface area contributed by atoms with E-state index in [0.29, 0.717) is 12.4 Å². The van der Waals surface area contributed by atoms with Gasteiger partial charge in [-0.2, -0.15) is 5.10 Å². The summed E-state index contributed by atoms with van der Waals surface area (Å²) in [4.78, 5) is 10.8. The van der Waals surface area contributed by atoms with Crippen LogP contribution in [-0.2, 0) is 13.0 Å². The molecule has 0 saturated carbocycles. The molecule has 8 nitrogen and oxygen atoms in total. The smallest absolute Gasteiger partial charge is 0.134 e. The lowest BCUT2D eigenvalue weighted by Crippen LogP contribution is -2.31. The maximum Gasteiger partial charge on any atom is 0.134 e. The second-order valence-corrected chi connectivity index (χ2v) is 6.34. The Morgan fingerprint density at radius 1 is 1.30 bits per heavy atom. The fraction of sp³-hybridized carbons (Fsp3) is 0.316. The maximum absolute atomic E-state index is 8.97. The molecule has 3 heterocycles. The molecule has 0 atom stereocenters. The average molecular weight is 366 g/mol. The summed E-state index contributed by atoms with van der Waals surface area (Å²) in [6.45, 7) is 2.09. The molecule has 0 spiro atoms. The maximum atomic E-state index is 8.97. The van der Waals surface area contributed by atoms with Crippen LogP contribution in [0.3, 0.4) is 0 Å². The number of hydrogen-bond donors (Lipinski definition) is 3. The van der Waals surface area contributed by atoms with Crippen LogP contribution in [0.2, 0.25) is 0 Å². The number of nitrogens with one attached hydrogen (secondary N) is 2. The molecular formula is C19H22N6O2. The Morgan fingerprint density at radius 2 is 2.22 bits per heavy atom. The first kappa shape index (κ1) is 17.3. The van der Waals surface area contributed by atoms with Gasteiger partial charge in [0.25, 0.3) is 0 Å². The van der Waals surface area contributed by atoms with Gasteiger partial charge in [-0.1, -0.05) is 12.1 Å². The largest absolute Gasteiger partial charge is 0.497 e. The molecule has 0 aliphatic carbocycles. The van der Waals surface area contributed by atoms with Gasteiger partial charge in [0.05, 0.1) is 19.4 Å². The fourth-order valence-corrected chi connectivity index (χ4v) is 3.30. The van der Waals surface area contributed by atoms with Gasteiger partial charge in [0, 0.05) is 48.9 Å². The number of fused-ring (bicyclic) bond motifs is 1. The molecule has 0 radical (unpaired) electrons. The van der Waals surface area contributed by atoms with Crippen LogP contribution in [-0.4, -0.2) is 52.1 Å². The van der Waals surface area contributed by atoms with Crippen LogP contribution >= 0.6 is 0 Å². The first-order valence-corrected chi connectivity index (χ1v) is 8.90.